The molecule has 0 bridgehead atoms. The van der Waals surface area contributed by atoms with Crippen LogP contribution in [0.15, 0.2) is 121 Å². The zero-order valence-electron chi connectivity index (χ0n) is 28.5. The lowest BCUT2D eigenvalue weighted by molar-refractivity contribution is 0.317. The number of aromatic nitrogens is 2. The van der Waals surface area contributed by atoms with Crippen LogP contribution in [-0.2, 0) is 12.8 Å². The normalized spacial score (nSPS) is 12.4. The van der Waals surface area contributed by atoms with E-state index in [0.29, 0.717) is 19.6 Å². The fraction of sp³-hybridized carbons (Fsp3) is 0.209. The molecule has 4 nitrogen and oxygen atoms in total. The number of nitrogens with zero attached hydrogens (tertiary/aromatic N) is 2. The summed E-state index contributed by atoms with van der Waals surface area (Å²) in [7, 11) is 0. The summed E-state index contributed by atoms with van der Waals surface area (Å²) in [5.41, 5.74) is 5.99. The fourth-order valence-electron chi connectivity index (χ4n) is 6.37. The smallest absolute Gasteiger partial charge is 0.219 e. The summed E-state index contributed by atoms with van der Waals surface area (Å²) in [5, 5.41) is 0. The highest BCUT2D eigenvalue weighted by molar-refractivity contribution is 5.65. The summed E-state index contributed by atoms with van der Waals surface area (Å²) in [6.07, 6.45) is 1.33. The number of pyridine rings is 2. The molecule has 0 saturated carbocycles. The van der Waals surface area contributed by atoms with Gasteiger partial charge in [0.2, 0.25) is 23.8 Å². The number of benzene rings is 4. The lowest BCUT2D eigenvalue weighted by Gasteiger charge is -2.29. The van der Waals surface area contributed by atoms with Gasteiger partial charge in [0.05, 0.1) is 13.2 Å². The van der Waals surface area contributed by atoms with E-state index in [9.17, 15) is 8.78 Å². The monoisotopic (exact) mass is 690 g/mol. The Kier molecular flexibility index (Phi) is 11.4. The first-order valence-electron chi connectivity index (χ1n) is 17.1. The molecule has 0 aliphatic carbocycles. The third-order valence-corrected chi connectivity index (χ3v) is 8.97. The number of halogens is 4. The Morgan fingerprint density at radius 1 is 0.510 bits per heavy atom. The van der Waals surface area contributed by atoms with Crippen LogP contribution >= 0.6 is 0 Å². The van der Waals surface area contributed by atoms with E-state index < -0.39 is 35.6 Å². The molecule has 2 atom stereocenters. The summed E-state index contributed by atoms with van der Waals surface area (Å²) in [5.74, 6) is -3.29. The van der Waals surface area contributed by atoms with Crippen LogP contribution in [0, 0.1) is 23.8 Å². The van der Waals surface area contributed by atoms with Crippen molar-refractivity contribution in [1.82, 2.24) is 9.97 Å². The Labute approximate surface area is 295 Å². The van der Waals surface area contributed by atoms with Crippen LogP contribution in [0.5, 0.6) is 11.5 Å². The van der Waals surface area contributed by atoms with Crippen LogP contribution in [0.1, 0.15) is 54.4 Å². The maximum absolute atomic E-state index is 15.6. The van der Waals surface area contributed by atoms with Crippen LogP contribution in [0.4, 0.5) is 17.6 Å². The molecular formula is C43H38F4N2O2. The topological polar surface area (TPSA) is 44.2 Å². The number of ether oxygens (including phenoxy) is 2. The molecule has 2 heterocycles. The molecule has 6 aromatic rings. The van der Waals surface area contributed by atoms with E-state index in [1.165, 1.54) is 12.1 Å². The summed E-state index contributed by atoms with van der Waals surface area (Å²) < 4.78 is 70.0. The van der Waals surface area contributed by atoms with Crippen molar-refractivity contribution in [1.29, 1.82) is 0 Å². The molecule has 0 radical (unpaired) electrons. The molecule has 0 spiro atoms. The van der Waals surface area contributed by atoms with Gasteiger partial charge in [0.25, 0.3) is 0 Å². The minimum absolute atomic E-state index is 0.0769. The molecular weight excluding hydrogens is 652 g/mol. The molecule has 8 heteroatoms. The van der Waals surface area contributed by atoms with E-state index in [4.69, 9.17) is 9.47 Å². The van der Waals surface area contributed by atoms with E-state index in [1.54, 1.807) is 0 Å². The van der Waals surface area contributed by atoms with Crippen LogP contribution < -0.4 is 9.47 Å². The number of hydrogen-bond donors (Lipinski definition) is 0. The molecule has 0 amide bonds. The van der Waals surface area contributed by atoms with Crippen molar-refractivity contribution in [3.8, 4) is 33.8 Å². The van der Waals surface area contributed by atoms with Gasteiger partial charge in [-0.2, -0.15) is 27.5 Å². The van der Waals surface area contributed by atoms with Gasteiger partial charge in [0.1, 0.15) is 11.5 Å². The van der Waals surface area contributed by atoms with Gasteiger partial charge >= 0.3 is 0 Å². The second-order valence-electron chi connectivity index (χ2n) is 12.4. The maximum Gasteiger partial charge on any atom is 0.219 e. The van der Waals surface area contributed by atoms with Crippen LogP contribution in [0.2, 0.25) is 0 Å². The van der Waals surface area contributed by atoms with Crippen molar-refractivity contribution < 1.29 is 27.0 Å². The minimum Gasteiger partial charge on any atom is -0.494 e. The lowest BCUT2D eigenvalue weighted by Crippen LogP contribution is -2.19. The van der Waals surface area contributed by atoms with Gasteiger partial charge in [-0.25, -0.2) is 0 Å². The van der Waals surface area contributed by atoms with Crippen LogP contribution in [0.25, 0.3) is 22.3 Å². The molecule has 51 heavy (non-hydrogen) atoms. The van der Waals surface area contributed by atoms with E-state index in [0.717, 1.165) is 63.4 Å². The molecule has 2 unspecified atom stereocenters. The maximum atomic E-state index is 15.6. The number of rotatable bonds is 14. The van der Waals surface area contributed by atoms with Gasteiger partial charge in [-0.05, 0) is 120 Å². The Bertz CT molecular complexity index is 2030. The minimum atomic E-state index is -0.935. The van der Waals surface area contributed by atoms with E-state index in [1.807, 2.05) is 104 Å². The largest absolute Gasteiger partial charge is 0.494 e. The second kappa shape index (κ2) is 16.5. The van der Waals surface area contributed by atoms with E-state index in [-0.39, 0.29) is 17.5 Å². The average Bonchev–Trinajstić information content (AvgIpc) is 3.14. The van der Waals surface area contributed by atoms with Gasteiger partial charge in [-0.15, -0.1) is 0 Å². The van der Waals surface area contributed by atoms with E-state index >= 15 is 8.78 Å². The van der Waals surface area contributed by atoms with Crippen molar-refractivity contribution in [2.45, 2.75) is 44.9 Å². The fourth-order valence-corrected chi connectivity index (χ4v) is 6.37. The zero-order chi connectivity index (χ0) is 35.7. The summed E-state index contributed by atoms with van der Waals surface area (Å²) in [6, 6.07) is 36.4. The summed E-state index contributed by atoms with van der Waals surface area (Å²) in [6.45, 7) is 5.20. The highest BCUT2D eigenvalue weighted by Crippen LogP contribution is 2.40. The molecule has 0 fully saturated rings. The van der Waals surface area contributed by atoms with Gasteiger partial charge in [-0.1, -0.05) is 79.7 Å². The van der Waals surface area contributed by atoms with Crippen LogP contribution in [0.3, 0.4) is 0 Å². The molecule has 0 aliphatic rings. The van der Waals surface area contributed by atoms with Crippen LogP contribution in [-0.4, -0.2) is 23.2 Å². The van der Waals surface area contributed by atoms with E-state index in [2.05, 4.69) is 16.9 Å². The predicted octanol–water partition coefficient (Wildman–Crippen LogP) is 10.9. The molecule has 4 aromatic carbocycles. The Balaban J connectivity index is 1.37. The van der Waals surface area contributed by atoms with Gasteiger partial charge in [0.15, 0.2) is 0 Å². The molecule has 0 N–H and O–H groups in total. The first kappa shape index (κ1) is 35.3. The van der Waals surface area contributed by atoms with Crippen molar-refractivity contribution in [2.24, 2.45) is 0 Å². The lowest BCUT2D eigenvalue weighted by atomic mass is 9.75. The standard InChI is InChI=1S/C43H38F4N2O2/c1-3-25-51-36-20-15-31(16-21-36)29-7-5-28(6-8-29)26-39(37-22-24-41(45)49-43(37)47)38(27-34-17-23-40(44)48-42(34)46)33-11-9-30(10-12-33)32-13-18-35(19-14-32)50-4-2/h5-24,38-39H,3-4,25-27H2,1-2H3. The molecule has 6 rings (SSSR count). The second-order valence-corrected chi connectivity index (χ2v) is 12.4. The highest BCUT2D eigenvalue weighted by atomic mass is 19.1. The third kappa shape index (κ3) is 8.81. The Hall–Kier alpha value is -5.50. The summed E-state index contributed by atoms with van der Waals surface area (Å²) in [4.78, 5) is 6.92. The van der Waals surface area contributed by atoms with Crippen molar-refractivity contribution >= 4 is 0 Å². The Morgan fingerprint density at radius 2 is 1.02 bits per heavy atom. The van der Waals surface area contributed by atoms with Crippen molar-refractivity contribution in [3.63, 3.8) is 0 Å². The van der Waals surface area contributed by atoms with Gasteiger partial charge < -0.3 is 9.47 Å². The van der Waals surface area contributed by atoms with Crippen molar-refractivity contribution in [3.05, 3.63) is 167 Å². The SMILES string of the molecule is CCCOc1ccc(-c2ccc(CC(c3ccc(F)nc3F)C(Cc3ccc(F)nc3F)c3ccc(-c4ccc(OCC)cc4)cc3)cc2)cc1. The van der Waals surface area contributed by atoms with Gasteiger partial charge in [-0.3, -0.25) is 0 Å². The molecule has 0 aliphatic heterocycles. The predicted molar refractivity (Wildman–Crippen MR) is 192 cm³/mol. The first-order valence-corrected chi connectivity index (χ1v) is 17.1. The first-order chi connectivity index (χ1) is 24.8. The zero-order valence-corrected chi connectivity index (χ0v) is 28.5. The Morgan fingerprint density at radius 3 is 1.55 bits per heavy atom. The molecule has 0 saturated heterocycles. The summed E-state index contributed by atoms with van der Waals surface area (Å²) >= 11 is 0. The quantitative estimate of drug-likeness (QED) is 0.0843. The van der Waals surface area contributed by atoms with Gasteiger partial charge in [0, 0.05) is 11.1 Å². The number of hydrogen-bond acceptors (Lipinski definition) is 4. The third-order valence-electron chi connectivity index (χ3n) is 8.97. The van der Waals surface area contributed by atoms with Crippen molar-refractivity contribution in [2.75, 3.05) is 13.2 Å². The molecule has 2 aromatic heterocycles. The molecule has 260 valence electrons. The average molecular weight is 691 g/mol. The highest BCUT2D eigenvalue weighted by Gasteiger charge is 2.30.